The van der Waals surface area contributed by atoms with Crippen molar-refractivity contribution in [2.45, 2.75) is 26.7 Å². The summed E-state index contributed by atoms with van der Waals surface area (Å²) in [5, 5.41) is 11.8. The summed E-state index contributed by atoms with van der Waals surface area (Å²) in [5.74, 6) is 1.88. The molecule has 21 heavy (non-hydrogen) atoms. The van der Waals surface area contributed by atoms with E-state index in [-0.39, 0.29) is 17.6 Å². The Kier molecular flexibility index (Phi) is 4.11. The van der Waals surface area contributed by atoms with Gasteiger partial charge in [0.15, 0.2) is 17.8 Å². The standard InChI is InChI=1S/C14H18N4O3/c1-8(2)10-7-18(19)13(20-4)5-11(10)21-12-6-16-9(3)17-14(12)15/h5-8H,1-4H3,(H2,15,16,17). The van der Waals surface area contributed by atoms with Crippen molar-refractivity contribution < 1.29 is 14.2 Å². The fraction of sp³-hybridized carbons (Fsp3) is 0.357. The van der Waals surface area contributed by atoms with Crippen molar-refractivity contribution in [2.24, 2.45) is 0 Å². The van der Waals surface area contributed by atoms with E-state index in [1.807, 2.05) is 13.8 Å². The number of rotatable bonds is 4. The van der Waals surface area contributed by atoms with Crippen molar-refractivity contribution in [2.75, 3.05) is 12.8 Å². The van der Waals surface area contributed by atoms with E-state index in [2.05, 4.69) is 9.97 Å². The van der Waals surface area contributed by atoms with E-state index in [9.17, 15) is 5.21 Å². The van der Waals surface area contributed by atoms with E-state index >= 15 is 0 Å². The van der Waals surface area contributed by atoms with Crippen LogP contribution in [0.4, 0.5) is 5.82 Å². The third kappa shape index (κ3) is 3.13. The van der Waals surface area contributed by atoms with Crippen LogP contribution in [0.2, 0.25) is 0 Å². The number of aromatic nitrogens is 3. The highest BCUT2D eigenvalue weighted by molar-refractivity contribution is 5.48. The van der Waals surface area contributed by atoms with Gasteiger partial charge in [-0.2, -0.15) is 0 Å². The lowest BCUT2D eigenvalue weighted by Gasteiger charge is -2.15. The van der Waals surface area contributed by atoms with Gasteiger partial charge in [-0.05, 0) is 12.8 Å². The van der Waals surface area contributed by atoms with Crippen LogP contribution in [-0.4, -0.2) is 17.1 Å². The molecular weight excluding hydrogens is 272 g/mol. The lowest BCUT2D eigenvalue weighted by Crippen LogP contribution is -2.29. The van der Waals surface area contributed by atoms with Gasteiger partial charge in [0.05, 0.1) is 24.9 Å². The zero-order valence-corrected chi connectivity index (χ0v) is 12.5. The third-order valence-corrected chi connectivity index (χ3v) is 2.97. The summed E-state index contributed by atoms with van der Waals surface area (Å²) in [7, 11) is 1.42. The summed E-state index contributed by atoms with van der Waals surface area (Å²) in [6, 6.07) is 1.53. The van der Waals surface area contributed by atoms with E-state index in [4.69, 9.17) is 15.2 Å². The minimum Gasteiger partial charge on any atom is -0.616 e. The second-order valence-corrected chi connectivity index (χ2v) is 4.88. The van der Waals surface area contributed by atoms with Crippen molar-refractivity contribution in [3.8, 4) is 17.4 Å². The SMILES string of the molecule is COc1cc(Oc2cnc(C)nc2N)c(C(C)C)c[n+]1[O-]. The molecule has 0 saturated carbocycles. The monoisotopic (exact) mass is 290 g/mol. The second-order valence-electron chi connectivity index (χ2n) is 4.88. The first-order valence-electron chi connectivity index (χ1n) is 6.50. The summed E-state index contributed by atoms with van der Waals surface area (Å²) in [5.41, 5.74) is 6.56. The lowest BCUT2D eigenvalue weighted by molar-refractivity contribution is -0.612. The van der Waals surface area contributed by atoms with Gasteiger partial charge in [0.1, 0.15) is 11.6 Å². The Bertz CT molecular complexity index is 659. The van der Waals surface area contributed by atoms with E-state index in [1.54, 1.807) is 6.92 Å². The van der Waals surface area contributed by atoms with Gasteiger partial charge in [0.25, 0.3) is 0 Å². The molecule has 0 atom stereocenters. The Morgan fingerprint density at radius 3 is 2.62 bits per heavy atom. The highest BCUT2D eigenvalue weighted by Gasteiger charge is 2.19. The molecule has 0 bridgehead atoms. The van der Waals surface area contributed by atoms with E-state index in [0.717, 1.165) is 5.56 Å². The molecule has 0 radical (unpaired) electrons. The van der Waals surface area contributed by atoms with Gasteiger partial charge in [-0.3, -0.25) is 0 Å². The maximum Gasteiger partial charge on any atom is 0.382 e. The molecule has 112 valence electrons. The van der Waals surface area contributed by atoms with Gasteiger partial charge in [0, 0.05) is 0 Å². The van der Waals surface area contributed by atoms with Crippen molar-refractivity contribution in [1.29, 1.82) is 0 Å². The van der Waals surface area contributed by atoms with Gasteiger partial charge in [-0.1, -0.05) is 13.8 Å². The number of ether oxygens (including phenoxy) is 2. The second kappa shape index (κ2) is 5.82. The normalized spacial score (nSPS) is 10.7. The molecule has 0 spiro atoms. The van der Waals surface area contributed by atoms with Crippen LogP contribution in [0.5, 0.6) is 17.4 Å². The lowest BCUT2D eigenvalue weighted by atomic mass is 10.0. The van der Waals surface area contributed by atoms with Gasteiger partial charge >= 0.3 is 5.88 Å². The first-order valence-corrected chi connectivity index (χ1v) is 6.50. The van der Waals surface area contributed by atoms with Gasteiger partial charge in [-0.25, -0.2) is 9.97 Å². The van der Waals surface area contributed by atoms with Crippen LogP contribution >= 0.6 is 0 Å². The maximum absolute atomic E-state index is 11.8. The molecule has 2 heterocycles. The Morgan fingerprint density at radius 1 is 1.33 bits per heavy atom. The van der Waals surface area contributed by atoms with Gasteiger partial charge in [0.2, 0.25) is 0 Å². The summed E-state index contributed by atoms with van der Waals surface area (Å²) < 4.78 is 11.5. The average Bonchev–Trinajstić information content (AvgIpc) is 2.42. The minimum atomic E-state index is 0.0960. The molecule has 2 N–H and O–H groups in total. The Balaban J connectivity index is 2.46. The van der Waals surface area contributed by atoms with Gasteiger partial charge < -0.3 is 20.4 Å². The van der Waals surface area contributed by atoms with Crippen LogP contribution in [0.1, 0.15) is 31.2 Å². The van der Waals surface area contributed by atoms with Gasteiger partial charge in [-0.15, -0.1) is 4.73 Å². The molecule has 0 aliphatic carbocycles. The number of hydrogen-bond donors (Lipinski definition) is 1. The van der Waals surface area contributed by atoms with Crippen molar-refractivity contribution in [1.82, 2.24) is 9.97 Å². The number of hydrogen-bond acceptors (Lipinski definition) is 6. The predicted molar refractivity (Wildman–Crippen MR) is 77.3 cm³/mol. The summed E-state index contributed by atoms with van der Waals surface area (Å²) in [6.07, 6.45) is 2.94. The van der Waals surface area contributed by atoms with Crippen LogP contribution in [-0.2, 0) is 0 Å². The average molecular weight is 290 g/mol. The Hall–Kier alpha value is -2.57. The summed E-state index contributed by atoms with van der Waals surface area (Å²) >= 11 is 0. The molecule has 7 heteroatoms. The zero-order valence-electron chi connectivity index (χ0n) is 12.5. The Morgan fingerprint density at radius 2 is 2.05 bits per heavy atom. The maximum atomic E-state index is 11.8. The molecule has 0 aliphatic rings. The molecule has 0 amide bonds. The van der Waals surface area contributed by atoms with Crippen LogP contribution in [0.3, 0.4) is 0 Å². The largest absolute Gasteiger partial charge is 0.616 e. The predicted octanol–water partition coefficient (Wildman–Crippen LogP) is 1.92. The number of nitrogen functional groups attached to an aromatic ring is 1. The first kappa shape index (κ1) is 14.8. The molecule has 2 aromatic heterocycles. The molecule has 0 aromatic carbocycles. The molecule has 0 fully saturated rings. The van der Waals surface area contributed by atoms with Crippen LogP contribution in [0.15, 0.2) is 18.5 Å². The fourth-order valence-electron chi connectivity index (χ4n) is 1.86. The number of nitrogens with zero attached hydrogens (tertiary/aromatic N) is 3. The number of methoxy groups -OCH3 is 1. The summed E-state index contributed by atoms with van der Waals surface area (Å²) in [4.78, 5) is 8.10. The number of aryl methyl sites for hydroxylation is 1. The molecule has 2 aromatic rings. The van der Waals surface area contributed by atoms with Crippen LogP contribution in [0, 0.1) is 12.1 Å². The molecule has 2 rings (SSSR count). The molecule has 0 aliphatic heterocycles. The smallest absolute Gasteiger partial charge is 0.382 e. The van der Waals surface area contributed by atoms with Crippen LogP contribution < -0.4 is 19.9 Å². The minimum absolute atomic E-state index is 0.0960. The number of nitrogens with two attached hydrogens (primary N) is 1. The number of anilines is 1. The highest BCUT2D eigenvalue weighted by atomic mass is 16.5. The Labute approximate surface area is 122 Å². The van der Waals surface area contributed by atoms with Crippen molar-refractivity contribution in [3.05, 3.63) is 35.1 Å². The molecule has 0 saturated heterocycles. The van der Waals surface area contributed by atoms with E-state index < -0.39 is 0 Å². The quantitative estimate of drug-likeness (QED) is 0.682. The summed E-state index contributed by atoms with van der Waals surface area (Å²) in [6.45, 7) is 5.67. The van der Waals surface area contributed by atoms with E-state index in [1.165, 1.54) is 25.6 Å². The topological polar surface area (TPSA) is 97.2 Å². The van der Waals surface area contributed by atoms with E-state index in [0.29, 0.717) is 22.1 Å². The highest BCUT2D eigenvalue weighted by Crippen LogP contribution is 2.33. The first-order chi connectivity index (χ1) is 9.92. The molecule has 7 nitrogen and oxygen atoms in total. The van der Waals surface area contributed by atoms with Crippen molar-refractivity contribution >= 4 is 5.82 Å². The van der Waals surface area contributed by atoms with Crippen molar-refractivity contribution in [3.63, 3.8) is 0 Å². The molecule has 0 unspecified atom stereocenters. The number of pyridine rings is 1. The fourth-order valence-corrected chi connectivity index (χ4v) is 1.86. The van der Waals surface area contributed by atoms with Crippen LogP contribution in [0.25, 0.3) is 0 Å². The molecular formula is C14H18N4O3. The zero-order chi connectivity index (χ0) is 15.6. The third-order valence-electron chi connectivity index (χ3n) is 2.97.